The molecule has 1 heterocycles. The summed E-state index contributed by atoms with van der Waals surface area (Å²) >= 11 is 0. The number of anilines is 1. The number of rotatable bonds is 7. The average Bonchev–Trinajstić information content (AvgIpc) is 3.19. The number of nitrogens with one attached hydrogen (secondary N) is 1. The Hall–Kier alpha value is -2.86. The Balaban J connectivity index is 1.45. The lowest BCUT2D eigenvalue weighted by Gasteiger charge is -2.20. The van der Waals surface area contributed by atoms with Crippen LogP contribution in [0, 0.1) is 0 Å². The van der Waals surface area contributed by atoms with Crippen LogP contribution >= 0.6 is 0 Å². The van der Waals surface area contributed by atoms with Crippen LogP contribution in [0.1, 0.15) is 12.8 Å². The van der Waals surface area contributed by atoms with Crippen LogP contribution in [0.3, 0.4) is 0 Å². The Morgan fingerprint density at radius 3 is 2.26 bits per heavy atom. The fourth-order valence-electron chi connectivity index (χ4n) is 3.03. The van der Waals surface area contributed by atoms with Gasteiger partial charge < -0.3 is 15.0 Å². The molecule has 2 amide bonds. The lowest BCUT2D eigenvalue weighted by Crippen LogP contribution is -2.40. The number of amides is 2. The molecule has 0 aromatic heterocycles. The molecule has 2 aromatic carbocycles. The van der Waals surface area contributed by atoms with E-state index in [0.717, 1.165) is 31.7 Å². The maximum atomic E-state index is 12.2. The van der Waals surface area contributed by atoms with Gasteiger partial charge in [-0.25, -0.2) is 0 Å². The molecule has 0 atom stereocenters. The predicted molar refractivity (Wildman–Crippen MR) is 105 cm³/mol. The molecule has 1 saturated heterocycles. The molecular weight excluding hydrogens is 342 g/mol. The first kappa shape index (κ1) is 18.9. The Kier molecular flexibility index (Phi) is 6.44. The van der Waals surface area contributed by atoms with Crippen LogP contribution in [0.15, 0.2) is 54.6 Å². The third-order valence-corrected chi connectivity index (χ3v) is 4.39. The van der Waals surface area contributed by atoms with Gasteiger partial charge in [-0.3, -0.25) is 14.5 Å². The van der Waals surface area contributed by atoms with Crippen molar-refractivity contribution in [1.29, 1.82) is 0 Å². The number of para-hydroxylation sites is 1. The molecule has 27 heavy (non-hydrogen) atoms. The van der Waals surface area contributed by atoms with Crippen molar-refractivity contribution < 1.29 is 14.3 Å². The maximum absolute atomic E-state index is 12.2. The number of ether oxygens (including phenoxy) is 1. The van der Waals surface area contributed by atoms with Crippen LogP contribution in [0.5, 0.6) is 11.5 Å². The number of likely N-dealkylation sites (N-methyl/N-ethyl adjacent to an activating group) is 1. The minimum Gasteiger partial charge on any atom is -0.457 e. The van der Waals surface area contributed by atoms with Gasteiger partial charge in [0.1, 0.15) is 11.5 Å². The summed E-state index contributed by atoms with van der Waals surface area (Å²) in [5.74, 6) is 1.40. The van der Waals surface area contributed by atoms with E-state index in [4.69, 9.17) is 4.74 Å². The zero-order valence-electron chi connectivity index (χ0n) is 15.6. The van der Waals surface area contributed by atoms with Crippen molar-refractivity contribution in [3.63, 3.8) is 0 Å². The molecule has 0 saturated carbocycles. The Morgan fingerprint density at radius 2 is 1.59 bits per heavy atom. The normalized spacial score (nSPS) is 13.6. The van der Waals surface area contributed by atoms with E-state index in [1.807, 2.05) is 47.4 Å². The summed E-state index contributed by atoms with van der Waals surface area (Å²) in [7, 11) is 1.78. The molecule has 3 rings (SSSR count). The highest BCUT2D eigenvalue weighted by atomic mass is 16.5. The van der Waals surface area contributed by atoms with E-state index in [1.165, 1.54) is 0 Å². The number of nitrogens with zero attached hydrogens (tertiary/aromatic N) is 2. The molecule has 1 aliphatic heterocycles. The average molecular weight is 367 g/mol. The van der Waals surface area contributed by atoms with Gasteiger partial charge in [0.25, 0.3) is 0 Å². The third kappa shape index (κ3) is 5.82. The first-order valence-corrected chi connectivity index (χ1v) is 9.19. The summed E-state index contributed by atoms with van der Waals surface area (Å²) in [5.41, 5.74) is 0.694. The highest BCUT2D eigenvalue weighted by Gasteiger charge is 2.19. The van der Waals surface area contributed by atoms with Crippen LogP contribution < -0.4 is 10.1 Å². The van der Waals surface area contributed by atoms with Crippen LogP contribution in [0.25, 0.3) is 0 Å². The SMILES string of the molecule is CN(CC(=O)Nc1ccc(Oc2ccccc2)cc1)CC(=O)N1CCCC1. The second kappa shape index (κ2) is 9.19. The van der Waals surface area contributed by atoms with Crippen molar-refractivity contribution in [3.8, 4) is 11.5 Å². The van der Waals surface area contributed by atoms with Gasteiger partial charge in [-0.2, -0.15) is 0 Å². The van der Waals surface area contributed by atoms with Gasteiger partial charge in [-0.15, -0.1) is 0 Å². The largest absolute Gasteiger partial charge is 0.457 e. The first-order valence-electron chi connectivity index (χ1n) is 9.19. The summed E-state index contributed by atoms with van der Waals surface area (Å²) in [6.07, 6.45) is 2.14. The second-order valence-corrected chi connectivity index (χ2v) is 6.75. The van der Waals surface area contributed by atoms with Gasteiger partial charge in [-0.05, 0) is 56.3 Å². The van der Waals surface area contributed by atoms with Gasteiger partial charge >= 0.3 is 0 Å². The second-order valence-electron chi connectivity index (χ2n) is 6.75. The van der Waals surface area contributed by atoms with Crippen molar-refractivity contribution in [2.75, 3.05) is 38.5 Å². The molecule has 0 bridgehead atoms. The highest BCUT2D eigenvalue weighted by Crippen LogP contribution is 2.22. The lowest BCUT2D eigenvalue weighted by atomic mass is 10.3. The molecule has 0 radical (unpaired) electrons. The van der Waals surface area contributed by atoms with E-state index >= 15 is 0 Å². The number of likely N-dealkylation sites (tertiary alicyclic amines) is 1. The topological polar surface area (TPSA) is 61.9 Å². The van der Waals surface area contributed by atoms with Crippen molar-refractivity contribution >= 4 is 17.5 Å². The standard InChI is InChI=1S/C21H25N3O3/c1-23(16-21(26)24-13-5-6-14-24)15-20(25)22-17-9-11-19(12-10-17)27-18-7-3-2-4-8-18/h2-4,7-12H,5-6,13-16H2,1H3,(H,22,25). The highest BCUT2D eigenvalue weighted by molar-refractivity contribution is 5.92. The number of hydrogen-bond acceptors (Lipinski definition) is 4. The molecule has 1 N–H and O–H groups in total. The first-order chi connectivity index (χ1) is 13.1. The quantitative estimate of drug-likeness (QED) is 0.817. The summed E-state index contributed by atoms with van der Waals surface area (Å²) in [5, 5.41) is 2.85. The van der Waals surface area contributed by atoms with E-state index in [9.17, 15) is 9.59 Å². The van der Waals surface area contributed by atoms with E-state index in [-0.39, 0.29) is 24.9 Å². The molecule has 0 unspecified atom stereocenters. The van der Waals surface area contributed by atoms with E-state index < -0.39 is 0 Å². The Labute approximate surface area is 159 Å². The van der Waals surface area contributed by atoms with Gasteiger partial charge in [0, 0.05) is 18.8 Å². The summed E-state index contributed by atoms with van der Waals surface area (Å²) in [4.78, 5) is 27.9. The smallest absolute Gasteiger partial charge is 0.238 e. The van der Waals surface area contributed by atoms with E-state index in [0.29, 0.717) is 11.4 Å². The number of hydrogen-bond donors (Lipinski definition) is 1. The van der Waals surface area contributed by atoms with Crippen molar-refractivity contribution in [3.05, 3.63) is 54.6 Å². The zero-order chi connectivity index (χ0) is 19.1. The molecule has 142 valence electrons. The van der Waals surface area contributed by atoms with E-state index in [2.05, 4.69) is 5.32 Å². The van der Waals surface area contributed by atoms with Gasteiger partial charge in [0.05, 0.1) is 13.1 Å². The molecule has 2 aromatic rings. The summed E-state index contributed by atoms with van der Waals surface area (Å²) < 4.78 is 5.73. The van der Waals surface area contributed by atoms with Crippen LogP contribution in [-0.2, 0) is 9.59 Å². The molecule has 1 fully saturated rings. The number of carbonyl (C=O) groups excluding carboxylic acids is 2. The van der Waals surface area contributed by atoms with Gasteiger partial charge in [0.2, 0.25) is 11.8 Å². The number of benzene rings is 2. The van der Waals surface area contributed by atoms with Gasteiger partial charge in [0.15, 0.2) is 0 Å². The molecule has 6 heteroatoms. The van der Waals surface area contributed by atoms with Crippen LogP contribution in [0.4, 0.5) is 5.69 Å². The van der Waals surface area contributed by atoms with Gasteiger partial charge in [-0.1, -0.05) is 18.2 Å². The fraction of sp³-hybridized carbons (Fsp3) is 0.333. The summed E-state index contributed by atoms with van der Waals surface area (Å²) in [6, 6.07) is 16.7. The molecule has 0 spiro atoms. The molecule has 1 aliphatic rings. The minimum atomic E-state index is -0.150. The maximum Gasteiger partial charge on any atom is 0.238 e. The molecule has 0 aliphatic carbocycles. The van der Waals surface area contributed by atoms with Crippen molar-refractivity contribution in [2.45, 2.75) is 12.8 Å². The van der Waals surface area contributed by atoms with Crippen LogP contribution in [-0.4, -0.2) is 54.8 Å². The monoisotopic (exact) mass is 367 g/mol. The fourth-order valence-corrected chi connectivity index (χ4v) is 3.03. The summed E-state index contributed by atoms with van der Waals surface area (Å²) in [6.45, 7) is 2.09. The minimum absolute atomic E-state index is 0.0882. The predicted octanol–water partition coefficient (Wildman–Crippen LogP) is 2.97. The Bertz CT molecular complexity index is 756. The van der Waals surface area contributed by atoms with Crippen LogP contribution in [0.2, 0.25) is 0 Å². The lowest BCUT2D eigenvalue weighted by molar-refractivity contribution is -0.131. The molecule has 6 nitrogen and oxygen atoms in total. The number of carbonyl (C=O) groups is 2. The third-order valence-electron chi connectivity index (χ3n) is 4.39. The zero-order valence-corrected chi connectivity index (χ0v) is 15.6. The van der Waals surface area contributed by atoms with E-state index in [1.54, 1.807) is 24.1 Å². The molecular formula is C21H25N3O3. The van der Waals surface area contributed by atoms with Crippen molar-refractivity contribution in [1.82, 2.24) is 9.80 Å². The Morgan fingerprint density at radius 1 is 0.963 bits per heavy atom. The van der Waals surface area contributed by atoms with Crippen molar-refractivity contribution in [2.24, 2.45) is 0 Å².